The average Bonchev–Trinajstić information content (AvgIpc) is 3.83. The fourth-order valence-electron chi connectivity index (χ4n) is 9.48. The van der Waals surface area contributed by atoms with Gasteiger partial charge in [-0.1, -0.05) is 91.0 Å². The normalized spacial score (nSPS) is 12.5. The van der Waals surface area contributed by atoms with Crippen LogP contribution in [0.2, 0.25) is 0 Å². The fourth-order valence-corrected chi connectivity index (χ4v) is 9.48. The van der Waals surface area contributed by atoms with E-state index >= 15 is 13.2 Å². The molecular weight excluding hydrogens is 945 g/mol. The van der Waals surface area contributed by atoms with Crippen molar-refractivity contribution in [1.82, 2.24) is 9.13 Å². The molecule has 0 aliphatic rings. The van der Waals surface area contributed by atoms with E-state index in [0.717, 1.165) is 24.3 Å². The summed E-state index contributed by atoms with van der Waals surface area (Å²) >= 11 is 0. The first kappa shape index (κ1) is 46.2. The van der Waals surface area contributed by atoms with Crippen LogP contribution in [0.15, 0.2) is 152 Å². The molecule has 0 radical (unpaired) electrons. The quantitative estimate of drug-likeness (QED) is 0.121. The Kier molecular flexibility index (Phi) is 10.6. The van der Waals surface area contributed by atoms with E-state index in [4.69, 9.17) is 13.1 Å². The Morgan fingerprint density at radius 1 is 0.408 bits per heavy atom. The van der Waals surface area contributed by atoms with Gasteiger partial charge in [-0.2, -0.15) is 52.7 Å². The summed E-state index contributed by atoms with van der Waals surface area (Å²) in [5.41, 5.74) is -5.47. The summed E-state index contributed by atoms with van der Waals surface area (Å²) in [6.45, 7) is 18.5. The second kappa shape index (κ2) is 16.3. The molecular formula is C55H28F12N4. The van der Waals surface area contributed by atoms with Crippen molar-refractivity contribution in [3.63, 3.8) is 0 Å². The molecule has 0 atom stereocenters. The minimum Gasteiger partial charge on any atom is -0.319 e. The highest BCUT2D eigenvalue weighted by atomic mass is 19.4. The van der Waals surface area contributed by atoms with Crippen molar-refractivity contribution in [2.75, 3.05) is 0 Å². The van der Waals surface area contributed by atoms with Crippen molar-refractivity contribution in [3.05, 3.63) is 202 Å². The largest absolute Gasteiger partial charge is 0.416 e. The number of hydrogen-bond acceptors (Lipinski definition) is 0. The molecule has 4 nitrogen and oxygen atoms in total. The first-order chi connectivity index (χ1) is 33.6. The fraction of sp³-hybridized carbons (Fsp3) is 0.0909. The maximum Gasteiger partial charge on any atom is 0.416 e. The minimum absolute atomic E-state index is 0.0127. The van der Waals surface area contributed by atoms with Crippen molar-refractivity contribution in [2.24, 2.45) is 0 Å². The molecule has 0 aliphatic heterocycles. The molecule has 0 aliphatic carbocycles. The number of nitrogens with zero attached hydrogens (tertiary/aromatic N) is 4. The van der Waals surface area contributed by atoms with Gasteiger partial charge in [0.05, 0.1) is 68.8 Å². The summed E-state index contributed by atoms with van der Waals surface area (Å²) in [6.07, 6.45) is -20.1. The lowest BCUT2D eigenvalue weighted by atomic mass is 9.94. The van der Waals surface area contributed by atoms with E-state index in [1.165, 1.54) is 47.9 Å². The third-order valence-electron chi connectivity index (χ3n) is 12.5. The summed E-state index contributed by atoms with van der Waals surface area (Å²) in [4.78, 5) is 7.48. The lowest BCUT2D eigenvalue weighted by molar-refractivity contribution is -0.143. The predicted molar refractivity (Wildman–Crippen MR) is 249 cm³/mol. The van der Waals surface area contributed by atoms with Crippen molar-refractivity contribution in [3.8, 4) is 44.8 Å². The van der Waals surface area contributed by atoms with E-state index in [0.29, 0.717) is 50.3 Å². The van der Waals surface area contributed by atoms with Crippen LogP contribution in [0.5, 0.6) is 0 Å². The third kappa shape index (κ3) is 7.85. The van der Waals surface area contributed by atoms with Crippen molar-refractivity contribution in [1.29, 1.82) is 0 Å². The van der Waals surface area contributed by atoms with Crippen LogP contribution in [-0.4, -0.2) is 9.13 Å². The molecule has 0 spiro atoms. The number of hydrogen-bond donors (Lipinski definition) is 0. The number of benzene rings is 8. The number of rotatable bonds is 5. The highest BCUT2D eigenvalue weighted by molar-refractivity contribution is 6.14. The Bertz CT molecular complexity index is 3890. The number of alkyl halides is 12. The van der Waals surface area contributed by atoms with Gasteiger partial charge in [0, 0.05) is 27.1 Å². The third-order valence-corrected chi connectivity index (χ3v) is 12.5. The summed E-state index contributed by atoms with van der Waals surface area (Å²) < 4.78 is 176. The van der Waals surface area contributed by atoms with Crippen LogP contribution < -0.4 is 0 Å². The molecule has 0 N–H and O–H groups in total. The zero-order valence-corrected chi connectivity index (χ0v) is 36.3. The SMILES string of the molecule is [C-]#[N+]c1cccc(C(F)(F)F)c1-c1ccc(-n2c3ccccc3c3ccc(-c4cc(C(F)(F)F)cc(C(F)(F)F)c4)cc32)c([N+]#[C-])c1-n1c2ccccc2c2ccc(-c3cc(C)cc(C(F)(F)F)c3)cc21. The summed E-state index contributed by atoms with van der Waals surface area (Å²) in [6, 6.07) is 32.9. The smallest absolute Gasteiger partial charge is 0.319 e. The molecule has 16 heteroatoms. The molecule has 0 bridgehead atoms. The number of aryl methyl sites for hydroxylation is 1. The van der Waals surface area contributed by atoms with Crippen molar-refractivity contribution < 1.29 is 52.7 Å². The molecule has 10 rings (SSSR count). The van der Waals surface area contributed by atoms with Gasteiger partial charge >= 0.3 is 24.7 Å². The van der Waals surface area contributed by atoms with E-state index in [1.54, 1.807) is 77.4 Å². The molecule has 2 heterocycles. The molecule has 0 amide bonds. The number of halogens is 12. The van der Waals surface area contributed by atoms with Gasteiger partial charge in [0.1, 0.15) is 0 Å². The van der Waals surface area contributed by atoms with Crippen LogP contribution in [0.1, 0.15) is 27.8 Å². The Morgan fingerprint density at radius 2 is 0.901 bits per heavy atom. The number of fused-ring (bicyclic) bond motifs is 6. The second-order valence-electron chi connectivity index (χ2n) is 16.8. The Morgan fingerprint density at radius 3 is 1.42 bits per heavy atom. The van der Waals surface area contributed by atoms with Crippen LogP contribution in [0.4, 0.5) is 64.1 Å². The average molecular weight is 973 g/mol. The molecule has 0 unspecified atom stereocenters. The van der Waals surface area contributed by atoms with Crippen molar-refractivity contribution in [2.45, 2.75) is 31.6 Å². The predicted octanol–water partition coefficient (Wildman–Crippen LogP) is 18.4. The van der Waals surface area contributed by atoms with E-state index in [9.17, 15) is 39.5 Å². The van der Waals surface area contributed by atoms with Crippen molar-refractivity contribution >= 4 is 55.0 Å². The Hall–Kier alpha value is -8.50. The number of aromatic nitrogens is 2. The van der Waals surface area contributed by atoms with Gasteiger partial charge in [-0.05, 0) is 101 Å². The molecule has 0 fully saturated rings. The van der Waals surface area contributed by atoms with Gasteiger partial charge in [0.25, 0.3) is 0 Å². The van der Waals surface area contributed by atoms with E-state index in [1.807, 2.05) is 0 Å². The standard InChI is InChI=1S/C55H28F12N4/c1-29-21-32(23-34(22-29)52(56,57)58)30-15-18-40-38-10-5-7-14-45(38)71(48(40)27-30)51-41(49-42(55(65,66)67)11-8-12-43(49)68-2)19-20-46(50(51)69-3)70-44-13-6-4-9-37(44)39-17-16-31(26-47(39)70)33-24-35(53(59,60)61)28-36(25-33)54(62,63)64/h4-28H,1H3. The topological polar surface area (TPSA) is 18.6 Å². The summed E-state index contributed by atoms with van der Waals surface area (Å²) in [5.74, 6) is 0. The first-order valence-corrected chi connectivity index (χ1v) is 21.3. The van der Waals surface area contributed by atoms with Crippen LogP contribution in [0.3, 0.4) is 0 Å². The highest BCUT2D eigenvalue weighted by Gasteiger charge is 2.39. The van der Waals surface area contributed by atoms with Crippen LogP contribution in [0, 0.1) is 20.1 Å². The molecule has 352 valence electrons. The van der Waals surface area contributed by atoms with Crippen LogP contribution in [-0.2, 0) is 24.7 Å². The Labute approximate surface area is 394 Å². The molecule has 2 aromatic heterocycles. The van der Waals surface area contributed by atoms with E-state index in [2.05, 4.69) is 9.69 Å². The maximum atomic E-state index is 15.2. The van der Waals surface area contributed by atoms with Gasteiger partial charge < -0.3 is 9.13 Å². The van der Waals surface area contributed by atoms with Crippen LogP contribution in [0.25, 0.3) is 98.1 Å². The van der Waals surface area contributed by atoms with Gasteiger partial charge in [-0.15, -0.1) is 0 Å². The monoisotopic (exact) mass is 972 g/mol. The zero-order valence-electron chi connectivity index (χ0n) is 36.3. The van der Waals surface area contributed by atoms with Gasteiger partial charge in [-0.25, -0.2) is 9.69 Å². The first-order valence-electron chi connectivity index (χ1n) is 21.3. The lowest BCUT2D eigenvalue weighted by Gasteiger charge is -2.23. The molecule has 8 aromatic carbocycles. The van der Waals surface area contributed by atoms with Gasteiger partial charge in [-0.3, -0.25) is 0 Å². The minimum atomic E-state index is -5.16. The van der Waals surface area contributed by atoms with Crippen LogP contribution >= 0.6 is 0 Å². The maximum absolute atomic E-state index is 15.2. The number of para-hydroxylation sites is 2. The lowest BCUT2D eigenvalue weighted by Crippen LogP contribution is -2.11. The van der Waals surface area contributed by atoms with E-state index < -0.39 is 63.8 Å². The highest BCUT2D eigenvalue weighted by Crippen LogP contribution is 2.51. The second-order valence-corrected chi connectivity index (χ2v) is 16.8. The van der Waals surface area contributed by atoms with Gasteiger partial charge in [0.15, 0.2) is 5.69 Å². The molecule has 10 aromatic rings. The summed E-state index contributed by atoms with van der Waals surface area (Å²) in [7, 11) is 0. The molecule has 71 heavy (non-hydrogen) atoms. The van der Waals surface area contributed by atoms with E-state index in [-0.39, 0.29) is 56.4 Å². The van der Waals surface area contributed by atoms with Gasteiger partial charge in [0.2, 0.25) is 5.69 Å². The zero-order chi connectivity index (χ0) is 50.5. The molecule has 0 saturated heterocycles. The summed E-state index contributed by atoms with van der Waals surface area (Å²) in [5, 5.41) is 2.02. The molecule has 0 saturated carbocycles. The Balaban J connectivity index is 1.35.